The van der Waals surface area contributed by atoms with Crippen molar-refractivity contribution in [3.05, 3.63) is 53.6 Å². The number of aromatic amines is 1. The Morgan fingerprint density at radius 3 is 2.61 bits per heavy atom. The molecule has 6 nitrogen and oxygen atoms in total. The van der Waals surface area contributed by atoms with E-state index in [1.54, 1.807) is 24.3 Å². The van der Waals surface area contributed by atoms with Crippen LogP contribution in [-0.4, -0.2) is 41.3 Å². The predicted octanol–water partition coefficient (Wildman–Crippen LogP) is 3.16. The Bertz CT molecular complexity index is 1060. The van der Waals surface area contributed by atoms with Crippen LogP contribution < -0.4 is 15.8 Å². The number of nitrogens with two attached hydrogens (primary N) is 1. The molecule has 0 atom stereocenters. The number of anilines is 1. The van der Waals surface area contributed by atoms with E-state index in [0.717, 1.165) is 0 Å². The highest BCUT2D eigenvalue weighted by Gasteiger charge is 2.31. The van der Waals surface area contributed by atoms with Crippen LogP contribution in [0.2, 0.25) is 0 Å². The number of alkyl halides is 3. The first-order valence-corrected chi connectivity index (χ1v) is 8.55. The molecule has 1 aliphatic heterocycles. The zero-order valence-corrected chi connectivity index (χ0v) is 14.5. The SMILES string of the molecule is Nc1cccc(C(=NC2CNC2)c2c(O)[nH]c3ccc(OC(F)(F)F)cc23)c1. The van der Waals surface area contributed by atoms with Gasteiger partial charge in [-0.05, 0) is 30.3 Å². The second-order valence-corrected chi connectivity index (χ2v) is 6.52. The average molecular weight is 390 g/mol. The minimum absolute atomic E-state index is 0.00427. The molecule has 0 radical (unpaired) electrons. The summed E-state index contributed by atoms with van der Waals surface area (Å²) in [6.45, 7) is 1.36. The molecule has 3 aromatic rings. The molecule has 4 rings (SSSR count). The van der Waals surface area contributed by atoms with E-state index in [-0.39, 0.29) is 17.7 Å². The molecule has 9 heteroatoms. The lowest BCUT2D eigenvalue weighted by molar-refractivity contribution is -0.274. The first kappa shape index (κ1) is 18.2. The quantitative estimate of drug-likeness (QED) is 0.407. The Morgan fingerprint density at radius 2 is 1.96 bits per heavy atom. The van der Waals surface area contributed by atoms with Crippen molar-refractivity contribution in [3.8, 4) is 11.6 Å². The summed E-state index contributed by atoms with van der Waals surface area (Å²) in [5, 5.41) is 14.0. The number of hydrogen-bond donors (Lipinski definition) is 4. The molecule has 1 fully saturated rings. The molecule has 0 aliphatic carbocycles. The number of aromatic hydroxyl groups is 1. The van der Waals surface area contributed by atoms with Crippen molar-refractivity contribution in [1.29, 1.82) is 0 Å². The summed E-state index contributed by atoms with van der Waals surface area (Å²) < 4.78 is 41.9. The van der Waals surface area contributed by atoms with Crippen LogP contribution in [0.3, 0.4) is 0 Å². The third kappa shape index (κ3) is 3.61. The van der Waals surface area contributed by atoms with Gasteiger partial charge >= 0.3 is 6.36 Å². The van der Waals surface area contributed by atoms with Crippen molar-refractivity contribution in [3.63, 3.8) is 0 Å². The molecule has 1 saturated heterocycles. The number of ether oxygens (including phenoxy) is 1. The Morgan fingerprint density at radius 1 is 1.18 bits per heavy atom. The highest BCUT2D eigenvalue weighted by atomic mass is 19.4. The zero-order valence-electron chi connectivity index (χ0n) is 14.5. The van der Waals surface area contributed by atoms with Crippen LogP contribution in [0.4, 0.5) is 18.9 Å². The van der Waals surface area contributed by atoms with Crippen molar-refractivity contribution in [2.24, 2.45) is 4.99 Å². The van der Waals surface area contributed by atoms with Crippen LogP contribution in [-0.2, 0) is 0 Å². The number of hydrogen-bond acceptors (Lipinski definition) is 5. The number of aliphatic imine (C=N–C) groups is 1. The first-order chi connectivity index (χ1) is 13.3. The van der Waals surface area contributed by atoms with Gasteiger partial charge in [0.2, 0.25) is 0 Å². The molecular weight excluding hydrogens is 373 g/mol. The number of aromatic nitrogens is 1. The maximum Gasteiger partial charge on any atom is 0.573 e. The van der Waals surface area contributed by atoms with E-state index in [1.807, 2.05) is 0 Å². The lowest BCUT2D eigenvalue weighted by atomic mass is 9.99. The van der Waals surface area contributed by atoms with E-state index in [4.69, 9.17) is 10.7 Å². The molecule has 1 aromatic heterocycles. The van der Waals surface area contributed by atoms with Gasteiger partial charge in [-0.3, -0.25) is 4.99 Å². The molecule has 5 N–H and O–H groups in total. The molecule has 28 heavy (non-hydrogen) atoms. The normalized spacial score (nSPS) is 15.6. The average Bonchev–Trinajstić information content (AvgIpc) is 2.88. The fourth-order valence-electron chi connectivity index (χ4n) is 3.11. The Kier molecular flexibility index (Phi) is 4.38. The maximum atomic E-state index is 12.6. The molecule has 146 valence electrons. The highest BCUT2D eigenvalue weighted by molar-refractivity contribution is 6.21. The summed E-state index contributed by atoms with van der Waals surface area (Å²) in [7, 11) is 0. The molecule has 2 heterocycles. The minimum Gasteiger partial charge on any atom is -0.494 e. The van der Waals surface area contributed by atoms with Gasteiger partial charge in [0.05, 0.1) is 17.3 Å². The Labute approximate surface area is 157 Å². The Balaban J connectivity index is 1.88. The largest absolute Gasteiger partial charge is 0.573 e. The summed E-state index contributed by atoms with van der Waals surface area (Å²) in [5.41, 5.74) is 8.28. The third-order valence-electron chi connectivity index (χ3n) is 4.45. The molecule has 0 bridgehead atoms. The lowest BCUT2D eigenvalue weighted by Gasteiger charge is -2.24. The minimum atomic E-state index is -4.81. The number of nitrogens with zero attached hydrogens (tertiary/aromatic N) is 1. The van der Waals surface area contributed by atoms with Crippen LogP contribution in [0, 0.1) is 0 Å². The monoisotopic (exact) mass is 390 g/mol. The molecule has 0 spiro atoms. The van der Waals surface area contributed by atoms with Gasteiger partial charge in [0, 0.05) is 35.2 Å². The van der Waals surface area contributed by atoms with Crippen molar-refractivity contribution in [1.82, 2.24) is 10.3 Å². The van der Waals surface area contributed by atoms with Gasteiger partial charge in [0.15, 0.2) is 5.88 Å². The number of rotatable bonds is 4. The van der Waals surface area contributed by atoms with Crippen molar-refractivity contribution >= 4 is 22.3 Å². The van der Waals surface area contributed by atoms with Crippen LogP contribution in [0.15, 0.2) is 47.5 Å². The van der Waals surface area contributed by atoms with E-state index in [1.165, 1.54) is 18.2 Å². The zero-order chi connectivity index (χ0) is 19.9. The second kappa shape index (κ2) is 6.75. The lowest BCUT2D eigenvalue weighted by Crippen LogP contribution is -2.46. The standard InChI is InChI=1S/C19H17F3N4O2/c20-19(21,22)28-13-4-5-15-14(7-13)16(18(27)26-15)17(25-12-8-24-9-12)10-2-1-3-11(23)6-10/h1-7,12,24,26-27H,8-9,23H2. The summed E-state index contributed by atoms with van der Waals surface area (Å²) in [5.74, 6) is -0.565. The molecular formula is C19H17F3N4O2. The Hall–Kier alpha value is -3.20. The van der Waals surface area contributed by atoms with E-state index in [2.05, 4.69) is 15.0 Å². The summed E-state index contributed by atoms with van der Waals surface area (Å²) in [6.07, 6.45) is -4.81. The van der Waals surface area contributed by atoms with Crippen molar-refractivity contribution in [2.75, 3.05) is 18.8 Å². The number of nitrogens with one attached hydrogen (secondary N) is 2. The summed E-state index contributed by atoms with van der Waals surface area (Å²) >= 11 is 0. The molecule has 2 aromatic carbocycles. The highest BCUT2D eigenvalue weighted by Crippen LogP contribution is 2.34. The van der Waals surface area contributed by atoms with E-state index in [9.17, 15) is 18.3 Å². The van der Waals surface area contributed by atoms with E-state index < -0.39 is 6.36 Å². The van der Waals surface area contributed by atoms with Gasteiger partial charge in [0.1, 0.15) is 5.75 Å². The third-order valence-corrected chi connectivity index (χ3v) is 4.45. The van der Waals surface area contributed by atoms with Gasteiger partial charge in [-0.2, -0.15) is 0 Å². The van der Waals surface area contributed by atoms with Gasteiger partial charge in [-0.25, -0.2) is 0 Å². The van der Waals surface area contributed by atoms with Crippen LogP contribution in [0.25, 0.3) is 10.9 Å². The number of H-pyrrole nitrogens is 1. The molecule has 0 unspecified atom stereocenters. The maximum absolute atomic E-state index is 12.6. The van der Waals surface area contributed by atoms with E-state index >= 15 is 0 Å². The smallest absolute Gasteiger partial charge is 0.494 e. The van der Waals surface area contributed by atoms with Gasteiger partial charge in [-0.1, -0.05) is 12.1 Å². The van der Waals surface area contributed by atoms with Gasteiger partial charge in [-0.15, -0.1) is 13.2 Å². The second-order valence-electron chi connectivity index (χ2n) is 6.52. The number of fused-ring (bicyclic) bond motifs is 1. The molecule has 0 amide bonds. The number of nitrogen functional groups attached to an aromatic ring is 1. The summed E-state index contributed by atoms with van der Waals surface area (Å²) in [6, 6.07) is 10.8. The van der Waals surface area contributed by atoms with Crippen molar-refractivity contribution < 1.29 is 23.0 Å². The predicted molar refractivity (Wildman–Crippen MR) is 99.8 cm³/mol. The first-order valence-electron chi connectivity index (χ1n) is 8.55. The van der Waals surface area contributed by atoms with Crippen LogP contribution in [0.5, 0.6) is 11.6 Å². The topological polar surface area (TPSA) is 95.7 Å². The van der Waals surface area contributed by atoms with Gasteiger partial charge in [0.25, 0.3) is 0 Å². The summed E-state index contributed by atoms with van der Waals surface area (Å²) in [4.78, 5) is 7.49. The fourth-order valence-corrected chi connectivity index (χ4v) is 3.11. The van der Waals surface area contributed by atoms with Crippen LogP contribution >= 0.6 is 0 Å². The van der Waals surface area contributed by atoms with Crippen LogP contribution in [0.1, 0.15) is 11.1 Å². The fraction of sp³-hybridized carbons (Fsp3) is 0.211. The van der Waals surface area contributed by atoms with E-state index in [0.29, 0.717) is 46.5 Å². The number of benzene rings is 2. The van der Waals surface area contributed by atoms with Gasteiger partial charge < -0.3 is 25.9 Å². The molecule has 1 aliphatic rings. The van der Waals surface area contributed by atoms with Crippen molar-refractivity contribution in [2.45, 2.75) is 12.4 Å². The number of halogens is 3. The molecule has 0 saturated carbocycles.